The minimum atomic E-state index is -0.778. The lowest BCUT2D eigenvalue weighted by atomic mass is 9.75. The van der Waals surface area contributed by atoms with Gasteiger partial charge in [0.1, 0.15) is 0 Å². The van der Waals surface area contributed by atoms with Crippen molar-refractivity contribution in [3.05, 3.63) is 53.1 Å². The van der Waals surface area contributed by atoms with Crippen LogP contribution in [-0.4, -0.2) is 82.7 Å². The number of carboxylic acid groups (broad SMARTS) is 1. The molecule has 9 heteroatoms. The van der Waals surface area contributed by atoms with Gasteiger partial charge in [-0.1, -0.05) is 26.0 Å². The van der Waals surface area contributed by atoms with Crippen LogP contribution >= 0.6 is 0 Å². The van der Waals surface area contributed by atoms with Crippen LogP contribution in [0.4, 0.5) is 5.69 Å². The van der Waals surface area contributed by atoms with E-state index in [4.69, 9.17) is 4.74 Å². The number of imidazole rings is 1. The number of piperazine rings is 1. The maximum atomic E-state index is 13.1. The summed E-state index contributed by atoms with van der Waals surface area (Å²) in [7, 11) is 0. The molecule has 0 spiro atoms. The summed E-state index contributed by atoms with van der Waals surface area (Å²) in [6.45, 7) is 11.1. The number of anilines is 1. The van der Waals surface area contributed by atoms with Crippen LogP contribution in [0.5, 0.6) is 0 Å². The van der Waals surface area contributed by atoms with Crippen molar-refractivity contribution < 1.29 is 19.4 Å². The summed E-state index contributed by atoms with van der Waals surface area (Å²) in [6, 6.07) is 6.51. The number of benzene rings is 1. The third kappa shape index (κ3) is 6.10. The van der Waals surface area contributed by atoms with Crippen LogP contribution in [0.3, 0.4) is 0 Å². The normalized spacial score (nSPS) is 21.8. The molecule has 1 aromatic heterocycles. The molecule has 0 saturated carbocycles. The molecule has 3 N–H and O–H groups in total. The smallest absolute Gasteiger partial charge is 0.317 e. The van der Waals surface area contributed by atoms with Crippen molar-refractivity contribution in [2.75, 3.05) is 51.3 Å². The summed E-state index contributed by atoms with van der Waals surface area (Å²) in [5, 5.41) is 12.4. The molecule has 39 heavy (non-hydrogen) atoms. The Morgan fingerprint density at radius 1 is 1.13 bits per heavy atom. The number of nitrogens with zero attached hydrogens (tertiary/aromatic N) is 3. The van der Waals surface area contributed by atoms with Crippen molar-refractivity contribution in [2.24, 2.45) is 5.41 Å². The monoisotopic (exact) mass is 535 g/mol. The fourth-order valence-electron chi connectivity index (χ4n) is 6.26. The van der Waals surface area contributed by atoms with Crippen LogP contribution in [0.25, 0.3) is 5.57 Å². The first-order valence-corrected chi connectivity index (χ1v) is 14.1. The molecule has 2 fully saturated rings. The Labute approximate surface area is 230 Å². The molecule has 0 bridgehead atoms. The summed E-state index contributed by atoms with van der Waals surface area (Å²) in [5.41, 5.74) is 5.33. The number of amides is 1. The molecule has 2 aromatic rings. The third-order valence-corrected chi connectivity index (χ3v) is 8.70. The number of carbonyl (C=O) groups excluding carboxylic acids is 1. The first-order chi connectivity index (χ1) is 18.6. The number of aryl methyl sites for hydroxylation is 1. The zero-order chi connectivity index (χ0) is 27.6. The Bertz CT molecular complexity index is 1240. The van der Waals surface area contributed by atoms with E-state index in [0.717, 1.165) is 75.2 Å². The molecule has 210 valence electrons. The highest BCUT2D eigenvalue weighted by atomic mass is 16.5. The molecule has 0 unspecified atom stereocenters. The number of hydrogen-bond donors (Lipinski definition) is 3. The molecule has 2 aliphatic heterocycles. The van der Waals surface area contributed by atoms with Gasteiger partial charge in [-0.05, 0) is 67.7 Å². The zero-order valence-electron chi connectivity index (χ0n) is 23.4. The molecule has 3 aliphatic rings. The number of carboxylic acids is 1. The maximum Gasteiger partial charge on any atom is 0.317 e. The van der Waals surface area contributed by atoms with Gasteiger partial charge in [0.2, 0.25) is 0 Å². The Morgan fingerprint density at radius 3 is 2.49 bits per heavy atom. The Kier molecular flexibility index (Phi) is 7.94. The van der Waals surface area contributed by atoms with E-state index in [1.54, 1.807) is 6.20 Å². The second kappa shape index (κ2) is 11.2. The molecule has 1 amide bonds. The summed E-state index contributed by atoms with van der Waals surface area (Å²) < 4.78 is 5.81. The summed E-state index contributed by atoms with van der Waals surface area (Å²) in [5.74, 6) is -0.717. The minimum absolute atomic E-state index is 0.0855. The van der Waals surface area contributed by atoms with Gasteiger partial charge in [-0.3, -0.25) is 19.4 Å². The first kappa shape index (κ1) is 27.6. The second-order valence-corrected chi connectivity index (χ2v) is 12.0. The predicted molar refractivity (Wildman–Crippen MR) is 151 cm³/mol. The van der Waals surface area contributed by atoms with E-state index in [-0.39, 0.29) is 23.4 Å². The van der Waals surface area contributed by atoms with Crippen molar-refractivity contribution in [3.8, 4) is 0 Å². The number of rotatable bonds is 7. The third-order valence-electron chi connectivity index (χ3n) is 8.70. The van der Waals surface area contributed by atoms with E-state index in [1.165, 1.54) is 11.1 Å². The molecule has 9 nitrogen and oxygen atoms in total. The molecular weight excluding hydrogens is 494 g/mol. The van der Waals surface area contributed by atoms with E-state index in [9.17, 15) is 14.7 Å². The number of aliphatic carboxylic acids is 1. The van der Waals surface area contributed by atoms with Crippen LogP contribution in [-0.2, 0) is 15.1 Å². The predicted octanol–water partition coefficient (Wildman–Crippen LogP) is 4.27. The average Bonchev–Trinajstić information content (AvgIpc) is 3.36. The van der Waals surface area contributed by atoms with Crippen molar-refractivity contribution >= 4 is 23.1 Å². The van der Waals surface area contributed by atoms with Gasteiger partial charge < -0.3 is 20.1 Å². The van der Waals surface area contributed by atoms with Crippen LogP contribution in [0.2, 0.25) is 0 Å². The van der Waals surface area contributed by atoms with Gasteiger partial charge in [-0.15, -0.1) is 0 Å². The topological polar surface area (TPSA) is 111 Å². The highest BCUT2D eigenvalue weighted by Crippen LogP contribution is 2.44. The van der Waals surface area contributed by atoms with Crippen LogP contribution in [0.15, 0.2) is 30.5 Å². The molecule has 0 radical (unpaired) electrons. The van der Waals surface area contributed by atoms with Gasteiger partial charge >= 0.3 is 5.97 Å². The number of carbonyl (C=O) groups is 2. The van der Waals surface area contributed by atoms with Gasteiger partial charge in [0.15, 0.2) is 5.82 Å². The van der Waals surface area contributed by atoms with Crippen LogP contribution in [0.1, 0.15) is 73.4 Å². The van der Waals surface area contributed by atoms with Gasteiger partial charge in [0.25, 0.3) is 5.91 Å². The van der Waals surface area contributed by atoms with E-state index in [0.29, 0.717) is 19.0 Å². The lowest BCUT2D eigenvalue weighted by Crippen LogP contribution is -2.57. The highest BCUT2D eigenvalue weighted by Gasteiger charge is 2.42. The number of allylic oxidation sites excluding steroid dienone is 2. The molecule has 5 rings (SSSR count). The average molecular weight is 536 g/mol. The Morgan fingerprint density at radius 2 is 1.87 bits per heavy atom. The van der Waals surface area contributed by atoms with Crippen molar-refractivity contribution in [3.63, 3.8) is 0 Å². The fraction of sp³-hybridized carbons (Fsp3) is 0.567. The largest absolute Gasteiger partial charge is 0.480 e. The van der Waals surface area contributed by atoms with E-state index in [2.05, 4.69) is 58.3 Å². The van der Waals surface area contributed by atoms with Crippen molar-refractivity contribution in [2.45, 2.75) is 58.4 Å². The number of ether oxygens (including phenoxy) is 1. The number of nitrogens with one attached hydrogen (secondary N) is 2. The van der Waals surface area contributed by atoms with Crippen molar-refractivity contribution in [1.82, 2.24) is 19.8 Å². The molecule has 0 atom stereocenters. The van der Waals surface area contributed by atoms with E-state index < -0.39 is 5.97 Å². The van der Waals surface area contributed by atoms with E-state index in [1.807, 2.05) is 11.8 Å². The van der Waals surface area contributed by atoms with Gasteiger partial charge in [0, 0.05) is 62.5 Å². The summed E-state index contributed by atoms with van der Waals surface area (Å²) in [6.07, 6.45) is 8.83. The lowest BCUT2D eigenvalue weighted by molar-refractivity contribution is -0.139. The fourth-order valence-corrected chi connectivity index (χ4v) is 6.26. The Hall–Kier alpha value is -3.01. The Balaban J connectivity index is 1.49. The number of hydrogen-bond acceptors (Lipinski definition) is 6. The molecule has 3 heterocycles. The van der Waals surface area contributed by atoms with Gasteiger partial charge in [-0.2, -0.15) is 0 Å². The quantitative estimate of drug-likeness (QED) is 0.486. The standard InChI is InChI=1S/C30H41N5O4/c1-21-19-31-27(32-21)28(38)33-25-5-4-23(18-24(25)22-6-8-29(2,3)9-7-22)30(10-16-39-17-11-30)35-14-12-34(13-15-35)20-26(36)37/h4-6,18-19H,7-17,20H2,1-3H3,(H,31,32)(H,33,38)(H,36,37). The summed E-state index contributed by atoms with van der Waals surface area (Å²) >= 11 is 0. The SMILES string of the molecule is Cc1cnc(C(=O)Nc2ccc(C3(N4CCN(CC(=O)O)CC4)CCOCC3)cc2C2=CCC(C)(C)CC2)[nH]1. The van der Waals surface area contributed by atoms with Gasteiger partial charge in [0.05, 0.1) is 12.1 Å². The second-order valence-electron chi connectivity index (χ2n) is 12.0. The lowest BCUT2D eigenvalue weighted by Gasteiger charge is -2.50. The number of aromatic amines is 1. The van der Waals surface area contributed by atoms with Crippen LogP contribution in [0, 0.1) is 12.3 Å². The molecule has 1 aliphatic carbocycles. The first-order valence-electron chi connectivity index (χ1n) is 14.1. The maximum absolute atomic E-state index is 13.1. The molecular formula is C30H41N5O4. The summed E-state index contributed by atoms with van der Waals surface area (Å²) in [4.78, 5) is 36.1. The minimum Gasteiger partial charge on any atom is -0.480 e. The zero-order valence-corrected chi connectivity index (χ0v) is 23.4. The van der Waals surface area contributed by atoms with Crippen LogP contribution < -0.4 is 5.32 Å². The van der Waals surface area contributed by atoms with Gasteiger partial charge in [-0.25, -0.2) is 4.98 Å². The van der Waals surface area contributed by atoms with Crippen molar-refractivity contribution in [1.29, 1.82) is 0 Å². The highest BCUT2D eigenvalue weighted by molar-refractivity contribution is 6.03. The molecule has 1 aromatic carbocycles. The van der Waals surface area contributed by atoms with E-state index >= 15 is 0 Å². The number of H-pyrrole nitrogens is 1. The molecule has 2 saturated heterocycles. The number of aromatic nitrogens is 2.